The van der Waals surface area contributed by atoms with Gasteiger partial charge in [0.2, 0.25) is 0 Å². The summed E-state index contributed by atoms with van der Waals surface area (Å²) in [6.45, 7) is 0. The van der Waals surface area contributed by atoms with Crippen molar-refractivity contribution in [2.75, 3.05) is 0 Å². The van der Waals surface area contributed by atoms with E-state index in [4.69, 9.17) is 4.98 Å². The van der Waals surface area contributed by atoms with Crippen LogP contribution in [0.1, 0.15) is 11.4 Å². The second kappa shape index (κ2) is 14.3. The molecular formula is C37H15Br8F3N4. The fraction of sp³-hybridized carbons (Fsp3) is 0. The first kappa shape index (κ1) is 37.0. The molecule has 4 nitrogen and oxygen atoms in total. The maximum Gasteiger partial charge on any atom is 0.123 e. The molecule has 0 unspecified atom stereocenters. The molecule has 1 aliphatic rings. The molecule has 0 radical (unpaired) electrons. The zero-order chi connectivity index (χ0) is 36.7. The molecule has 7 aromatic rings. The Hall–Kier alpha value is -1.98. The topological polar surface area (TPSA) is 60.3 Å². The molecule has 52 heavy (non-hydrogen) atoms. The van der Waals surface area contributed by atoms with Gasteiger partial charge in [0.15, 0.2) is 0 Å². The summed E-state index contributed by atoms with van der Waals surface area (Å²) in [4.78, 5) is 16.1. The van der Waals surface area contributed by atoms with Crippen LogP contribution in [0.25, 0.3) is 75.4 Å². The smallest absolute Gasteiger partial charge is 0.123 e. The van der Waals surface area contributed by atoms with Crippen molar-refractivity contribution in [1.82, 2.24) is 19.9 Å². The highest BCUT2D eigenvalue weighted by atomic mass is 79.9. The maximum absolute atomic E-state index is 14.4. The molecule has 0 aliphatic carbocycles. The molecule has 8 rings (SSSR count). The fourth-order valence-electron chi connectivity index (χ4n) is 6.21. The van der Waals surface area contributed by atoms with Gasteiger partial charge < -0.3 is 15.0 Å². The lowest BCUT2D eigenvalue weighted by molar-refractivity contribution is 0.627. The molecule has 5 heterocycles. The zero-order valence-electron chi connectivity index (χ0n) is 25.5. The van der Waals surface area contributed by atoms with Crippen LogP contribution >= 0.6 is 127 Å². The fourth-order valence-corrected chi connectivity index (χ4v) is 10.1. The summed E-state index contributed by atoms with van der Waals surface area (Å²) >= 11 is 30.7. The van der Waals surface area contributed by atoms with Crippen molar-refractivity contribution in [3.8, 4) is 33.4 Å². The van der Waals surface area contributed by atoms with Crippen LogP contribution in [0.15, 0.2) is 99.6 Å². The highest BCUT2D eigenvalue weighted by Gasteiger charge is 2.28. The van der Waals surface area contributed by atoms with Crippen molar-refractivity contribution in [2.45, 2.75) is 0 Å². The predicted octanol–water partition coefficient (Wildman–Crippen LogP) is 16.1. The van der Waals surface area contributed by atoms with E-state index in [0.29, 0.717) is 114 Å². The van der Waals surface area contributed by atoms with Gasteiger partial charge in [0.25, 0.3) is 0 Å². The average molecular weight is 1210 g/mol. The maximum atomic E-state index is 14.4. The van der Waals surface area contributed by atoms with Gasteiger partial charge in [0.1, 0.15) is 23.1 Å². The monoisotopic (exact) mass is 1200 g/mol. The first-order valence-electron chi connectivity index (χ1n) is 15.0. The van der Waals surface area contributed by atoms with Gasteiger partial charge in [-0.2, -0.15) is 0 Å². The van der Waals surface area contributed by atoms with Gasteiger partial charge in [-0.05, 0) is 181 Å². The average Bonchev–Trinajstić information content (AvgIpc) is 3.79. The van der Waals surface area contributed by atoms with Crippen LogP contribution in [-0.4, -0.2) is 19.9 Å². The van der Waals surface area contributed by atoms with Crippen LogP contribution in [0, 0.1) is 17.5 Å². The van der Waals surface area contributed by atoms with E-state index in [2.05, 4.69) is 142 Å². The number of nitrogens with one attached hydrogen (secondary N) is 3. The summed E-state index contributed by atoms with van der Waals surface area (Å²) in [6, 6.07) is 18.7. The molecule has 8 bridgehead atoms. The third-order valence-corrected chi connectivity index (χ3v) is 17.0. The molecule has 0 spiro atoms. The molecule has 0 saturated heterocycles. The Morgan fingerprint density at radius 3 is 0.981 bits per heavy atom. The number of rotatable bonds is 3. The van der Waals surface area contributed by atoms with Crippen molar-refractivity contribution in [3.05, 3.63) is 128 Å². The van der Waals surface area contributed by atoms with Crippen LogP contribution in [-0.2, 0) is 0 Å². The zero-order valence-corrected chi connectivity index (χ0v) is 38.2. The van der Waals surface area contributed by atoms with Crippen LogP contribution in [0.2, 0.25) is 0 Å². The van der Waals surface area contributed by atoms with Crippen LogP contribution in [0.5, 0.6) is 0 Å². The van der Waals surface area contributed by atoms with E-state index in [-0.39, 0.29) is 17.5 Å². The van der Waals surface area contributed by atoms with E-state index < -0.39 is 0 Å². The largest absolute Gasteiger partial charge is 0.352 e. The van der Waals surface area contributed by atoms with Crippen LogP contribution in [0.4, 0.5) is 13.2 Å². The van der Waals surface area contributed by atoms with E-state index in [0.717, 1.165) is 0 Å². The lowest BCUT2D eigenvalue weighted by Gasteiger charge is -2.07. The van der Waals surface area contributed by atoms with Gasteiger partial charge in [-0.15, -0.1) is 0 Å². The second-order valence-corrected chi connectivity index (χ2v) is 17.9. The van der Waals surface area contributed by atoms with Crippen molar-refractivity contribution >= 4 is 170 Å². The van der Waals surface area contributed by atoms with E-state index in [1.165, 1.54) is 36.4 Å². The van der Waals surface area contributed by atoms with Crippen molar-refractivity contribution in [1.29, 1.82) is 0 Å². The lowest BCUT2D eigenvalue weighted by Crippen LogP contribution is -1.88. The summed E-state index contributed by atoms with van der Waals surface area (Å²) in [5.74, 6) is -1.13. The molecule has 0 atom stereocenters. The van der Waals surface area contributed by atoms with Gasteiger partial charge in [-0.3, -0.25) is 0 Å². The first-order valence-corrected chi connectivity index (χ1v) is 21.3. The van der Waals surface area contributed by atoms with Crippen molar-refractivity contribution in [3.63, 3.8) is 0 Å². The summed E-state index contributed by atoms with van der Waals surface area (Å²) in [5.41, 5.74) is 9.27. The number of halogens is 11. The minimum absolute atomic E-state index is 0.373. The third-order valence-electron chi connectivity index (χ3n) is 8.60. The van der Waals surface area contributed by atoms with Gasteiger partial charge >= 0.3 is 0 Å². The Morgan fingerprint density at radius 2 is 0.615 bits per heavy atom. The minimum atomic E-state index is -0.383. The molecule has 1 aliphatic heterocycles. The first-order chi connectivity index (χ1) is 24.8. The Balaban J connectivity index is 1.72. The summed E-state index contributed by atoms with van der Waals surface area (Å²) < 4.78 is 48.5. The van der Waals surface area contributed by atoms with Gasteiger partial charge in [-0.25, -0.2) is 18.2 Å². The summed E-state index contributed by atoms with van der Waals surface area (Å²) in [7, 11) is 0. The quantitative estimate of drug-likeness (QED) is 0.162. The number of nitrogens with zero attached hydrogens (tertiary/aromatic N) is 1. The number of benzene rings is 3. The normalized spacial score (nSPS) is 12.4. The van der Waals surface area contributed by atoms with E-state index in [1.54, 1.807) is 36.4 Å². The minimum Gasteiger partial charge on any atom is -0.352 e. The van der Waals surface area contributed by atoms with E-state index >= 15 is 0 Å². The molecule has 3 aromatic carbocycles. The lowest BCUT2D eigenvalue weighted by atomic mass is 10.0. The third kappa shape index (κ3) is 6.09. The van der Waals surface area contributed by atoms with Gasteiger partial charge in [0, 0.05) is 16.7 Å². The highest BCUT2D eigenvalue weighted by molar-refractivity contribution is 9.18. The number of fused-ring (bicyclic) bond motifs is 9. The van der Waals surface area contributed by atoms with Crippen LogP contribution in [0.3, 0.4) is 0 Å². The summed E-state index contributed by atoms with van der Waals surface area (Å²) in [6.07, 6.45) is 0. The Labute approximate surface area is 360 Å². The molecule has 260 valence electrons. The van der Waals surface area contributed by atoms with Gasteiger partial charge in [-0.1, -0.05) is 36.4 Å². The highest BCUT2D eigenvalue weighted by Crippen LogP contribution is 2.51. The molecule has 15 heteroatoms. The molecule has 4 aromatic heterocycles. The Kier molecular flexibility index (Phi) is 10.1. The number of H-pyrrole nitrogens is 3. The Bertz CT molecular complexity index is 2790. The number of aromatic amines is 3. The van der Waals surface area contributed by atoms with Crippen molar-refractivity contribution < 1.29 is 13.2 Å². The number of aromatic nitrogens is 4. The SMILES string of the molecule is Fc1ccc(-c2c3nc(c4[nH]c(c(Br)c4Br)c(-c4ccc(F)cc4)c4[nH]c(c(Br)c4Br)c(-c4ccc(F)cc4)c4[nH]c2c(Br)c4Br)C(Br)=C3Br)cc1. The Morgan fingerprint density at radius 1 is 0.346 bits per heavy atom. The second-order valence-electron chi connectivity index (χ2n) is 11.6. The predicted molar refractivity (Wildman–Crippen MR) is 233 cm³/mol. The van der Waals surface area contributed by atoms with E-state index in [9.17, 15) is 13.2 Å². The number of hydrogen-bond acceptors (Lipinski definition) is 1. The van der Waals surface area contributed by atoms with Crippen LogP contribution < -0.4 is 0 Å². The molecule has 0 fully saturated rings. The van der Waals surface area contributed by atoms with Crippen molar-refractivity contribution in [2.24, 2.45) is 0 Å². The molecule has 0 saturated carbocycles. The van der Waals surface area contributed by atoms with Gasteiger partial charge in [0.05, 0.1) is 74.6 Å². The van der Waals surface area contributed by atoms with E-state index in [1.807, 2.05) is 0 Å². The molecule has 0 amide bonds. The summed E-state index contributed by atoms with van der Waals surface area (Å²) in [5, 5.41) is 0. The molecular weight excluding hydrogens is 1200 g/mol. The standard InChI is InChI=1S/C37H15Br8F3N4/c38-22-24(40)32-20(14-3-9-17(47)10-4-14)34-26(42)28(44)36(51-34)37-29(45)27(43)35(52-37)21(15-5-11-18(48)12-6-15)33-25(41)23(39)31(50-33)19(30(22)49-32)13-1-7-16(46)8-2-13/h1-12,49-51H. The number of hydrogen-bond donors (Lipinski definition) is 3. The molecule has 3 N–H and O–H groups in total.